The van der Waals surface area contributed by atoms with Crippen LogP contribution in [0.15, 0.2) is 24.3 Å². The number of hydrogen-bond acceptors (Lipinski definition) is 10. The molecule has 2 saturated heterocycles. The highest BCUT2D eigenvalue weighted by molar-refractivity contribution is 5.54. The summed E-state index contributed by atoms with van der Waals surface area (Å²) in [4.78, 5) is 0. The molecular weight excluding hydrogens is 348 g/mol. The van der Waals surface area contributed by atoms with Crippen molar-refractivity contribution in [3.63, 3.8) is 0 Å². The van der Waals surface area contributed by atoms with Crippen LogP contribution in [0.1, 0.15) is 0 Å². The summed E-state index contributed by atoms with van der Waals surface area (Å²) in [6, 6.07) is 6.72. The van der Waals surface area contributed by atoms with Crippen LogP contribution in [0.25, 0.3) is 0 Å². The van der Waals surface area contributed by atoms with Crippen molar-refractivity contribution in [3.8, 4) is 0 Å². The normalized spacial score (nSPS) is 39.9. The van der Waals surface area contributed by atoms with E-state index < -0.39 is 62.3 Å². The second-order valence-electron chi connectivity index (χ2n) is 6.38. The van der Waals surface area contributed by atoms with Crippen molar-refractivity contribution in [1.82, 2.24) is 0 Å². The van der Waals surface area contributed by atoms with Gasteiger partial charge in [0.05, 0.1) is 13.2 Å². The van der Waals surface area contributed by atoms with E-state index in [0.717, 1.165) is 0 Å². The molecular formula is C16H24N2O8. The first-order valence-corrected chi connectivity index (χ1v) is 8.32. The van der Waals surface area contributed by atoms with Crippen molar-refractivity contribution in [3.05, 3.63) is 24.3 Å². The summed E-state index contributed by atoms with van der Waals surface area (Å²) in [6.45, 7) is -0.798. The van der Waals surface area contributed by atoms with Gasteiger partial charge in [-0.05, 0) is 24.3 Å². The van der Waals surface area contributed by atoms with Crippen molar-refractivity contribution < 1.29 is 40.1 Å². The average molecular weight is 372 g/mol. The summed E-state index contributed by atoms with van der Waals surface area (Å²) in [5.41, 5.74) is 1.21. The fourth-order valence-electron chi connectivity index (χ4n) is 3.03. The Kier molecular flexibility index (Phi) is 5.95. The van der Waals surface area contributed by atoms with Gasteiger partial charge in [-0.2, -0.15) is 0 Å². The number of aliphatic hydroxyl groups is 6. The van der Waals surface area contributed by atoms with E-state index in [1.807, 2.05) is 0 Å². The fourth-order valence-corrected chi connectivity index (χ4v) is 3.03. The highest BCUT2D eigenvalue weighted by Gasteiger charge is 2.43. The highest BCUT2D eigenvalue weighted by atomic mass is 16.6. The Morgan fingerprint density at radius 1 is 0.654 bits per heavy atom. The molecule has 2 heterocycles. The molecule has 26 heavy (non-hydrogen) atoms. The van der Waals surface area contributed by atoms with Gasteiger partial charge >= 0.3 is 0 Å². The Balaban J connectivity index is 1.58. The largest absolute Gasteiger partial charge is 0.394 e. The molecule has 2 aliphatic heterocycles. The maximum atomic E-state index is 9.92. The van der Waals surface area contributed by atoms with Crippen molar-refractivity contribution >= 4 is 11.4 Å². The molecule has 0 aromatic heterocycles. The van der Waals surface area contributed by atoms with Crippen molar-refractivity contribution in [1.29, 1.82) is 0 Å². The number of nitrogens with one attached hydrogen (secondary N) is 2. The molecule has 8 N–H and O–H groups in total. The molecule has 10 heteroatoms. The summed E-state index contributed by atoms with van der Waals surface area (Å²) >= 11 is 0. The molecule has 2 aliphatic rings. The number of ether oxygens (including phenoxy) is 2. The molecule has 4 unspecified atom stereocenters. The highest BCUT2D eigenvalue weighted by Crippen LogP contribution is 2.26. The van der Waals surface area contributed by atoms with Crippen LogP contribution in [0.3, 0.4) is 0 Å². The third-order valence-corrected chi connectivity index (χ3v) is 4.59. The quantitative estimate of drug-likeness (QED) is 0.265. The molecule has 0 radical (unpaired) electrons. The zero-order valence-electron chi connectivity index (χ0n) is 13.8. The topological polar surface area (TPSA) is 164 Å². The van der Waals surface area contributed by atoms with E-state index in [1.165, 1.54) is 0 Å². The first-order valence-electron chi connectivity index (χ1n) is 8.32. The van der Waals surface area contributed by atoms with Crippen LogP contribution in [-0.2, 0) is 9.47 Å². The third kappa shape index (κ3) is 3.77. The van der Waals surface area contributed by atoms with Crippen LogP contribution < -0.4 is 10.6 Å². The predicted octanol–water partition coefficient (Wildman–Crippen LogP) is -2.61. The van der Waals surface area contributed by atoms with E-state index in [-0.39, 0.29) is 0 Å². The number of hydrogen-bond donors (Lipinski definition) is 8. The van der Waals surface area contributed by atoms with Gasteiger partial charge in [-0.3, -0.25) is 0 Å². The van der Waals surface area contributed by atoms with Crippen LogP contribution in [-0.4, -0.2) is 92.9 Å². The lowest BCUT2D eigenvalue weighted by Gasteiger charge is -2.20. The minimum atomic E-state index is -1.18. The van der Waals surface area contributed by atoms with E-state index >= 15 is 0 Å². The van der Waals surface area contributed by atoms with E-state index in [1.54, 1.807) is 24.3 Å². The molecule has 10 nitrogen and oxygen atoms in total. The first kappa shape index (κ1) is 19.3. The van der Waals surface area contributed by atoms with Crippen molar-refractivity contribution in [2.75, 3.05) is 23.8 Å². The second-order valence-corrected chi connectivity index (χ2v) is 6.38. The van der Waals surface area contributed by atoms with Gasteiger partial charge in [0.25, 0.3) is 0 Å². The van der Waals surface area contributed by atoms with Gasteiger partial charge in [0.15, 0.2) is 12.5 Å². The van der Waals surface area contributed by atoms with E-state index in [4.69, 9.17) is 19.7 Å². The molecule has 0 aliphatic carbocycles. The minimum Gasteiger partial charge on any atom is -0.394 e. The van der Waals surface area contributed by atoms with Crippen LogP contribution >= 0.6 is 0 Å². The lowest BCUT2D eigenvalue weighted by atomic mass is 10.1. The van der Waals surface area contributed by atoms with E-state index in [0.29, 0.717) is 11.4 Å². The summed E-state index contributed by atoms with van der Waals surface area (Å²) < 4.78 is 10.7. The zero-order chi connectivity index (χ0) is 18.8. The fraction of sp³-hybridized carbons (Fsp3) is 0.625. The van der Waals surface area contributed by atoms with Gasteiger partial charge < -0.3 is 50.7 Å². The molecule has 146 valence electrons. The first-order chi connectivity index (χ1) is 12.4. The molecule has 8 atom stereocenters. The van der Waals surface area contributed by atoms with Gasteiger partial charge in [0.2, 0.25) is 0 Å². The van der Waals surface area contributed by atoms with E-state index in [2.05, 4.69) is 10.6 Å². The van der Waals surface area contributed by atoms with Crippen LogP contribution in [0.4, 0.5) is 11.4 Å². The molecule has 0 saturated carbocycles. The molecule has 2 fully saturated rings. The molecule has 0 spiro atoms. The lowest BCUT2D eigenvalue weighted by Crippen LogP contribution is -2.36. The number of aliphatic hydroxyl groups excluding tert-OH is 6. The Bertz CT molecular complexity index is 537. The van der Waals surface area contributed by atoms with Gasteiger partial charge in [0, 0.05) is 11.4 Å². The van der Waals surface area contributed by atoms with Gasteiger partial charge in [-0.25, -0.2) is 0 Å². The third-order valence-electron chi connectivity index (χ3n) is 4.59. The van der Waals surface area contributed by atoms with Crippen molar-refractivity contribution in [2.45, 2.75) is 49.1 Å². The molecule has 1 aromatic carbocycles. The maximum absolute atomic E-state index is 9.92. The van der Waals surface area contributed by atoms with Crippen LogP contribution in [0, 0.1) is 0 Å². The molecule has 1 aromatic rings. The van der Waals surface area contributed by atoms with Gasteiger partial charge in [-0.1, -0.05) is 0 Å². The minimum absolute atomic E-state index is 0.399. The number of benzene rings is 1. The number of anilines is 2. The van der Waals surface area contributed by atoms with Crippen LogP contribution in [0.2, 0.25) is 0 Å². The van der Waals surface area contributed by atoms with E-state index in [9.17, 15) is 20.4 Å². The summed E-state index contributed by atoms with van der Waals surface area (Å²) in [6.07, 6.45) is -8.13. The standard InChI is InChI=1S/C16H24N2O8/c19-5-9-11(21)13(23)15(25-9)17-7-1-2-8(4-3-7)18-16-14(24)12(22)10(6-20)26-16/h1-4,9-24H,5-6H2/t9-,10+,11?,12?,13?,14?,15+,16-. The Labute approximate surface area is 149 Å². The lowest BCUT2D eigenvalue weighted by molar-refractivity contribution is -0.0153. The number of rotatable bonds is 6. The molecule has 0 amide bonds. The average Bonchev–Trinajstić information content (AvgIpc) is 3.08. The zero-order valence-corrected chi connectivity index (χ0v) is 13.8. The summed E-state index contributed by atoms with van der Waals surface area (Å²) in [7, 11) is 0. The maximum Gasteiger partial charge on any atom is 0.157 e. The Hall–Kier alpha value is -1.50. The van der Waals surface area contributed by atoms with Crippen LogP contribution in [0.5, 0.6) is 0 Å². The van der Waals surface area contributed by atoms with Gasteiger partial charge in [0.1, 0.15) is 36.6 Å². The van der Waals surface area contributed by atoms with Gasteiger partial charge in [-0.15, -0.1) is 0 Å². The SMILES string of the molecule is OC[C@@H]1O[C@@H](Nc2ccc(N[C@H]3O[C@H](CO)C(O)C3O)cc2)C(O)C1O. The Morgan fingerprint density at radius 3 is 1.27 bits per heavy atom. The van der Waals surface area contributed by atoms with Crippen molar-refractivity contribution in [2.24, 2.45) is 0 Å². The Morgan fingerprint density at radius 2 is 1.00 bits per heavy atom. The molecule has 0 bridgehead atoms. The molecule has 3 rings (SSSR count). The predicted molar refractivity (Wildman–Crippen MR) is 89.2 cm³/mol. The second kappa shape index (κ2) is 8.03. The smallest absolute Gasteiger partial charge is 0.157 e. The summed E-state index contributed by atoms with van der Waals surface area (Å²) in [5.74, 6) is 0. The summed E-state index contributed by atoms with van der Waals surface area (Å²) in [5, 5.41) is 63.3. The monoisotopic (exact) mass is 372 g/mol.